The molecule has 0 fully saturated rings. The molecule has 1 atom stereocenters. The number of carbonyl (C=O) groups excluding carboxylic acids is 1. The van der Waals surface area contributed by atoms with Crippen LogP contribution >= 0.6 is 0 Å². The van der Waals surface area contributed by atoms with Gasteiger partial charge in [0.1, 0.15) is 0 Å². The van der Waals surface area contributed by atoms with Gasteiger partial charge in [0.25, 0.3) is 0 Å². The van der Waals surface area contributed by atoms with Gasteiger partial charge >= 0.3 is 21.6 Å². The number of hydrogen-bond acceptors (Lipinski definition) is 6. The van der Waals surface area contributed by atoms with Crippen LogP contribution in [0.25, 0.3) is 10.8 Å². The van der Waals surface area contributed by atoms with Crippen LogP contribution in [0, 0.1) is 13.8 Å². The summed E-state index contributed by atoms with van der Waals surface area (Å²) in [7, 11) is -6.03. The molecule has 0 aromatic heterocycles. The predicted octanol–water partition coefficient (Wildman–Crippen LogP) is 3.28. The van der Waals surface area contributed by atoms with Gasteiger partial charge in [0, 0.05) is 10.9 Å². The van der Waals surface area contributed by atoms with E-state index >= 15 is 0 Å². The summed E-state index contributed by atoms with van der Waals surface area (Å²) in [4.78, 5) is 12.0. The molecule has 27 heavy (non-hydrogen) atoms. The van der Waals surface area contributed by atoms with Crippen molar-refractivity contribution < 1.29 is 40.4 Å². The average molecular weight is 406 g/mol. The molecule has 6 nitrogen and oxygen atoms in total. The van der Waals surface area contributed by atoms with Crippen LogP contribution in [-0.2, 0) is 19.6 Å². The number of aryl methyl sites for hydroxylation is 1. The topological polar surface area (TPSA) is 89.9 Å². The molecule has 0 bridgehead atoms. The van der Waals surface area contributed by atoms with E-state index in [1.54, 1.807) is 19.1 Å². The fourth-order valence-corrected chi connectivity index (χ4v) is 3.14. The summed E-state index contributed by atoms with van der Waals surface area (Å²) >= 11 is 0. The maximum absolute atomic E-state index is 12.8. The van der Waals surface area contributed by atoms with Gasteiger partial charge in [0.05, 0.1) is 6.61 Å². The van der Waals surface area contributed by atoms with Gasteiger partial charge in [-0.25, -0.2) is 4.79 Å². The van der Waals surface area contributed by atoms with Gasteiger partial charge in [-0.1, -0.05) is 24.3 Å². The molecule has 0 aliphatic rings. The SMILES string of the molecule is CCOC(=O)[C@@H](O)c1c(C)c(C)c2ccccc2c1OS(=O)(=O)C(F)(F)F. The molecule has 2 aromatic rings. The molecule has 2 rings (SSSR count). The van der Waals surface area contributed by atoms with Gasteiger partial charge in [-0.2, -0.15) is 21.6 Å². The van der Waals surface area contributed by atoms with Crippen molar-refractivity contribution in [3.05, 3.63) is 41.0 Å². The minimum atomic E-state index is -6.03. The van der Waals surface area contributed by atoms with E-state index in [2.05, 4.69) is 4.18 Å². The third-order valence-corrected chi connectivity index (χ3v) is 5.00. The zero-order valence-corrected chi connectivity index (χ0v) is 15.4. The minimum Gasteiger partial charge on any atom is -0.464 e. The first kappa shape index (κ1) is 21.0. The highest BCUT2D eigenvalue weighted by atomic mass is 32.2. The fourth-order valence-electron chi connectivity index (χ4n) is 2.64. The molecular weight excluding hydrogens is 389 g/mol. The van der Waals surface area contributed by atoms with Crippen LogP contribution < -0.4 is 4.18 Å². The number of esters is 1. The molecule has 2 aromatic carbocycles. The highest BCUT2D eigenvalue weighted by molar-refractivity contribution is 7.88. The van der Waals surface area contributed by atoms with Gasteiger partial charge in [-0.3, -0.25) is 0 Å². The molecule has 0 aliphatic heterocycles. The Kier molecular flexibility index (Phi) is 5.71. The Morgan fingerprint density at radius 2 is 1.70 bits per heavy atom. The number of ether oxygens (including phenoxy) is 1. The maximum Gasteiger partial charge on any atom is 0.534 e. The van der Waals surface area contributed by atoms with E-state index < -0.39 is 39.0 Å². The van der Waals surface area contributed by atoms with Gasteiger partial charge < -0.3 is 14.0 Å². The summed E-state index contributed by atoms with van der Waals surface area (Å²) in [5, 5.41) is 10.8. The molecule has 0 spiro atoms. The maximum atomic E-state index is 12.8. The Bertz CT molecular complexity index is 982. The van der Waals surface area contributed by atoms with Gasteiger partial charge in [-0.05, 0) is 37.3 Å². The Hall–Kier alpha value is -2.33. The Balaban J connectivity index is 2.84. The van der Waals surface area contributed by atoms with Crippen LogP contribution in [0.1, 0.15) is 29.7 Å². The predicted molar refractivity (Wildman–Crippen MR) is 90.6 cm³/mol. The number of fused-ring (bicyclic) bond motifs is 1. The molecular formula is C17H17F3O6S. The Morgan fingerprint density at radius 3 is 2.22 bits per heavy atom. The monoisotopic (exact) mass is 406 g/mol. The van der Waals surface area contributed by atoms with Crippen LogP contribution in [0.15, 0.2) is 24.3 Å². The van der Waals surface area contributed by atoms with E-state index in [0.717, 1.165) is 0 Å². The molecule has 0 aliphatic carbocycles. The van der Waals surface area contributed by atoms with Crippen molar-refractivity contribution in [2.45, 2.75) is 32.4 Å². The number of rotatable bonds is 5. The second-order valence-electron chi connectivity index (χ2n) is 5.68. The lowest BCUT2D eigenvalue weighted by Crippen LogP contribution is -2.29. The van der Waals surface area contributed by atoms with Crippen molar-refractivity contribution in [2.24, 2.45) is 0 Å². The zero-order valence-electron chi connectivity index (χ0n) is 14.6. The normalized spacial score (nSPS) is 13.4. The highest BCUT2D eigenvalue weighted by Gasteiger charge is 2.49. The van der Waals surface area contributed by atoms with E-state index in [1.807, 2.05) is 0 Å². The van der Waals surface area contributed by atoms with Crippen LogP contribution in [0.2, 0.25) is 0 Å². The third-order valence-electron chi connectivity index (χ3n) is 4.05. The van der Waals surface area contributed by atoms with Crippen LogP contribution in [0.3, 0.4) is 0 Å². The van der Waals surface area contributed by atoms with Crippen molar-refractivity contribution in [3.63, 3.8) is 0 Å². The number of aliphatic hydroxyl groups is 1. The van der Waals surface area contributed by atoms with E-state index in [-0.39, 0.29) is 17.6 Å². The molecule has 0 radical (unpaired) electrons. The van der Waals surface area contributed by atoms with Crippen molar-refractivity contribution in [3.8, 4) is 5.75 Å². The number of aliphatic hydroxyl groups excluding tert-OH is 1. The molecule has 1 N–H and O–H groups in total. The molecule has 0 heterocycles. The van der Waals surface area contributed by atoms with Crippen molar-refractivity contribution >= 4 is 26.9 Å². The van der Waals surface area contributed by atoms with E-state index in [0.29, 0.717) is 10.9 Å². The first-order chi connectivity index (χ1) is 12.4. The molecule has 0 unspecified atom stereocenters. The highest BCUT2D eigenvalue weighted by Crippen LogP contribution is 2.41. The molecule has 10 heteroatoms. The molecule has 0 saturated heterocycles. The Morgan fingerprint density at radius 1 is 1.15 bits per heavy atom. The summed E-state index contributed by atoms with van der Waals surface area (Å²) in [6.45, 7) is 4.46. The van der Waals surface area contributed by atoms with Crippen molar-refractivity contribution in [1.29, 1.82) is 0 Å². The smallest absolute Gasteiger partial charge is 0.464 e. The second-order valence-corrected chi connectivity index (χ2v) is 7.21. The summed E-state index contributed by atoms with van der Waals surface area (Å²) < 4.78 is 70.8. The number of hydrogen-bond donors (Lipinski definition) is 1. The lowest BCUT2D eigenvalue weighted by Gasteiger charge is -2.22. The van der Waals surface area contributed by atoms with Crippen LogP contribution in [0.5, 0.6) is 5.75 Å². The van der Waals surface area contributed by atoms with Crippen LogP contribution in [-0.4, -0.2) is 31.6 Å². The fraction of sp³-hybridized carbons (Fsp3) is 0.353. The summed E-state index contributed by atoms with van der Waals surface area (Å²) in [6, 6.07) is 5.97. The summed E-state index contributed by atoms with van der Waals surface area (Å²) in [5.41, 5.74) is -5.32. The number of benzene rings is 2. The molecule has 148 valence electrons. The van der Waals surface area contributed by atoms with E-state index in [4.69, 9.17) is 4.74 Å². The van der Waals surface area contributed by atoms with Crippen molar-refractivity contribution in [1.82, 2.24) is 0 Å². The zero-order chi connectivity index (χ0) is 20.6. The standard InChI is InChI=1S/C17H17F3O6S/c1-4-25-16(22)14(21)13-10(3)9(2)11-7-5-6-8-12(11)15(13)26-27(23,24)17(18,19)20/h5-8,14,21H,4H2,1-3H3/t14-/m0/s1. The second kappa shape index (κ2) is 7.35. The first-order valence-electron chi connectivity index (χ1n) is 7.79. The van der Waals surface area contributed by atoms with Gasteiger partial charge in [-0.15, -0.1) is 0 Å². The number of carbonyl (C=O) groups is 1. The minimum absolute atomic E-state index is 0.00627. The quantitative estimate of drug-likeness (QED) is 0.466. The summed E-state index contributed by atoms with van der Waals surface area (Å²) in [5.74, 6) is -1.89. The largest absolute Gasteiger partial charge is 0.534 e. The molecule has 0 amide bonds. The lowest BCUT2D eigenvalue weighted by atomic mass is 9.92. The van der Waals surface area contributed by atoms with E-state index in [1.165, 1.54) is 26.0 Å². The first-order valence-corrected chi connectivity index (χ1v) is 9.20. The van der Waals surface area contributed by atoms with Crippen molar-refractivity contribution in [2.75, 3.05) is 6.61 Å². The average Bonchev–Trinajstić information content (AvgIpc) is 2.58. The Labute approximate surface area is 153 Å². The third kappa shape index (κ3) is 3.86. The molecule has 0 saturated carbocycles. The lowest BCUT2D eigenvalue weighted by molar-refractivity contribution is -0.153. The van der Waals surface area contributed by atoms with E-state index in [9.17, 15) is 31.5 Å². The summed E-state index contributed by atoms with van der Waals surface area (Å²) in [6.07, 6.45) is -2.02. The van der Waals surface area contributed by atoms with Gasteiger partial charge in [0.2, 0.25) is 0 Å². The number of alkyl halides is 3. The van der Waals surface area contributed by atoms with Gasteiger partial charge in [0.15, 0.2) is 11.9 Å². The van der Waals surface area contributed by atoms with Crippen LogP contribution in [0.4, 0.5) is 13.2 Å². The number of halogens is 3.